The van der Waals surface area contributed by atoms with Crippen molar-refractivity contribution in [3.8, 4) is 5.75 Å². The van der Waals surface area contributed by atoms with Crippen molar-refractivity contribution in [1.82, 2.24) is 10.1 Å². The first-order chi connectivity index (χ1) is 10.6. The van der Waals surface area contributed by atoms with E-state index >= 15 is 0 Å². The van der Waals surface area contributed by atoms with Gasteiger partial charge in [-0.15, -0.1) is 0 Å². The van der Waals surface area contributed by atoms with Crippen LogP contribution in [0.15, 0.2) is 33.9 Å². The lowest BCUT2D eigenvalue weighted by Gasteiger charge is -2.18. The number of aromatic nitrogens is 2. The van der Waals surface area contributed by atoms with Gasteiger partial charge in [0.05, 0.1) is 12.3 Å². The highest BCUT2D eigenvalue weighted by Crippen LogP contribution is 2.25. The Labute approximate surface area is 129 Å². The summed E-state index contributed by atoms with van der Waals surface area (Å²) in [7, 11) is 0. The molecule has 2 aromatic rings. The van der Waals surface area contributed by atoms with Gasteiger partial charge in [0.25, 0.3) is 5.89 Å². The summed E-state index contributed by atoms with van der Waals surface area (Å²) in [5.41, 5.74) is 1.84. The average Bonchev–Trinajstić information content (AvgIpc) is 3.03. The van der Waals surface area contributed by atoms with E-state index in [0.29, 0.717) is 24.7 Å². The van der Waals surface area contributed by atoms with Gasteiger partial charge in [-0.3, -0.25) is 0 Å². The molecule has 1 aliphatic rings. The summed E-state index contributed by atoms with van der Waals surface area (Å²) in [5, 5.41) is 8.20. The molecule has 0 N–H and O–H groups in total. The minimum atomic E-state index is -0.387. The summed E-state index contributed by atoms with van der Waals surface area (Å²) in [4.78, 5) is 9.87. The van der Waals surface area contributed by atoms with Gasteiger partial charge < -0.3 is 14.1 Å². The predicted molar refractivity (Wildman–Crippen MR) is 81.0 cm³/mol. The van der Waals surface area contributed by atoms with E-state index in [0.717, 1.165) is 17.0 Å². The molecule has 0 amide bonds. The van der Waals surface area contributed by atoms with Crippen molar-refractivity contribution in [2.75, 3.05) is 6.61 Å². The molecule has 0 aliphatic carbocycles. The van der Waals surface area contributed by atoms with Gasteiger partial charge in [0.15, 0.2) is 5.82 Å². The second-order valence-electron chi connectivity index (χ2n) is 5.53. The van der Waals surface area contributed by atoms with E-state index in [1.54, 1.807) is 0 Å². The molecule has 1 atom stereocenters. The van der Waals surface area contributed by atoms with Gasteiger partial charge in [-0.2, -0.15) is 4.98 Å². The predicted octanol–water partition coefficient (Wildman–Crippen LogP) is 3.46. The minimum Gasteiger partial charge on any atom is -0.492 e. The third kappa shape index (κ3) is 2.95. The molecule has 116 valence electrons. The lowest BCUT2D eigenvalue weighted by Crippen LogP contribution is -2.16. The van der Waals surface area contributed by atoms with Crippen molar-refractivity contribution >= 4 is 5.71 Å². The number of nitrogens with zero attached hydrogens (tertiary/aromatic N) is 3. The van der Waals surface area contributed by atoms with Gasteiger partial charge >= 0.3 is 0 Å². The van der Waals surface area contributed by atoms with Crippen LogP contribution in [0.25, 0.3) is 0 Å². The molecule has 1 aliphatic heterocycles. The maximum Gasteiger partial charge on any atom is 0.270 e. The van der Waals surface area contributed by atoms with Crippen LogP contribution in [0.4, 0.5) is 0 Å². The monoisotopic (exact) mass is 301 g/mol. The Kier molecular flexibility index (Phi) is 4.09. The van der Waals surface area contributed by atoms with E-state index in [1.807, 2.05) is 45.0 Å². The molecule has 2 heterocycles. The third-order valence-electron chi connectivity index (χ3n) is 3.44. The van der Waals surface area contributed by atoms with Crippen molar-refractivity contribution in [1.29, 1.82) is 0 Å². The van der Waals surface area contributed by atoms with E-state index in [-0.39, 0.29) is 12.0 Å². The highest BCUT2D eigenvalue weighted by Gasteiger charge is 2.20. The molecule has 0 saturated heterocycles. The Hall–Kier alpha value is -2.37. The number of para-hydroxylation sites is 1. The second kappa shape index (κ2) is 6.17. The summed E-state index contributed by atoms with van der Waals surface area (Å²) < 4.78 is 10.8. The van der Waals surface area contributed by atoms with Gasteiger partial charge in [-0.05, 0) is 19.1 Å². The Bertz CT molecular complexity index is 679. The fraction of sp³-hybridized carbons (Fsp3) is 0.438. The number of oxime groups is 1. The fourth-order valence-electron chi connectivity index (χ4n) is 2.15. The van der Waals surface area contributed by atoms with E-state index in [4.69, 9.17) is 14.1 Å². The van der Waals surface area contributed by atoms with Crippen molar-refractivity contribution in [2.24, 2.45) is 5.16 Å². The fourth-order valence-corrected chi connectivity index (χ4v) is 2.15. The van der Waals surface area contributed by atoms with E-state index in [9.17, 15) is 0 Å². The first kappa shape index (κ1) is 14.6. The van der Waals surface area contributed by atoms with Gasteiger partial charge in [0.1, 0.15) is 5.75 Å². The molecule has 3 rings (SSSR count). The Balaban J connectivity index is 1.74. The molecular formula is C16H19N3O3. The van der Waals surface area contributed by atoms with Crippen LogP contribution in [-0.4, -0.2) is 22.5 Å². The lowest BCUT2D eigenvalue weighted by atomic mass is 10.0. The maximum absolute atomic E-state index is 5.60. The van der Waals surface area contributed by atoms with Crippen molar-refractivity contribution in [3.05, 3.63) is 41.5 Å². The zero-order valence-corrected chi connectivity index (χ0v) is 12.9. The molecule has 22 heavy (non-hydrogen) atoms. The molecule has 0 radical (unpaired) electrons. The minimum absolute atomic E-state index is 0.221. The summed E-state index contributed by atoms with van der Waals surface area (Å²) in [5.74, 6) is 2.17. The molecule has 0 bridgehead atoms. The molecule has 1 unspecified atom stereocenters. The average molecular weight is 301 g/mol. The van der Waals surface area contributed by atoms with E-state index in [1.165, 1.54) is 0 Å². The number of rotatable bonds is 4. The topological polar surface area (TPSA) is 69.7 Å². The highest BCUT2D eigenvalue weighted by molar-refractivity contribution is 6.03. The smallest absolute Gasteiger partial charge is 0.270 e. The molecule has 6 heteroatoms. The van der Waals surface area contributed by atoms with Crippen molar-refractivity contribution in [2.45, 2.75) is 39.2 Å². The van der Waals surface area contributed by atoms with Crippen LogP contribution in [0.3, 0.4) is 0 Å². The van der Waals surface area contributed by atoms with Crippen LogP contribution < -0.4 is 4.74 Å². The molecular weight excluding hydrogens is 282 g/mol. The Morgan fingerprint density at radius 1 is 1.23 bits per heavy atom. The number of ether oxygens (including phenoxy) is 1. The van der Waals surface area contributed by atoms with Crippen LogP contribution in [-0.2, 0) is 4.84 Å². The van der Waals surface area contributed by atoms with Crippen molar-refractivity contribution < 1.29 is 14.1 Å². The summed E-state index contributed by atoms with van der Waals surface area (Å²) in [6.07, 6.45) is 0.327. The number of hydrogen-bond donors (Lipinski definition) is 0. The summed E-state index contributed by atoms with van der Waals surface area (Å²) in [6.45, 7) is 6.47. The summed E-state index contributed by atoms with van der Waals surface area (Å²) >= 11 is 0. The highest BCUT2D eigenvalue weighted by atomic mass is 16.6. The number of fused-ring (bicyclic) bond motifs is 1. The molecule has 0 spiro atoms. The number of benzene rings is 1. The van der Waals surface area contributed by atoms with Crippen LogP contribution in [0.2, 0.25) is 0 Å². The molecule has 1 aromatic carbocycles. The Morgan fingerprint density at radius 3 is 2.82 bits per heavy atom. The number of hydrogen-bond acceptors (Lipinski definition) is 6. The second-order valence-corrected chi connectivity index (χ2v) is 5.53. The molecule has 1 aromatic heterocycles. The molecule has 6 nitrogen and oxygen atoms in total. The SMILES string of the molecule is CC(C)c1noc(C(C)O/N=C2/CCOc3ccccc32)n1. The first-order valence-corrected chi connectivity index (χ1v) is 7.43. The summed E-state index contributed by atoms with van der Waals surface area (Å²) in [6, 6.07) is 7.81. The van der Waals surface area contributed by atoms with Crippen LogP contribution in [0, 0.1) is 0 Å². The van der Waals surface area contributed by atoms with Crippen molar-refractivity contribution in [3.63, 3.8) is 0 Å². The molecule has 0 saturated carbocycles. The van der Waals surface area contributed by atoms with Gasteiger partial charge in [-0.25, -0.2) is 0 Å². The third-order valence-corrected chi connectivity index (χ3v) is 3.44. The van der Waals surface area contributed by atoms with Crippen LogP contribution in [0.5, 0.6) is 5.75 Å². The molecule has 0 fully saturated rings. The standard InChI is InChI=1S/C16H19N3O3/c1-10(2)15-17-16(22-19-15)11(3)21-18-13-8-9-20-14-7-5-4-6-12(13)14/h4-7,10-11H,8-9H2,1-3H3/b18-13-. The Morgan fingerprint density at radius 2 is 2.05 bits per heavy atom. The zero-order chi connectivity index (χ0) is 15.5. The van der Waals surface area contributed by atoms with Gasteiger partial charge in [0, 0.05) is 17.9 Å². The van der Waals surface area contributed by atoms with Crippen LogP contribution in [0.1, 0.15) is 56.5 Å². The van der Waals surface area contributed by atoms with E-state index < -0.39 is 0 Å². The van der Waals surface area contributed by atoms with Gasteiger partial charge in [0.2, 0.25) is 6.10 Å². The zero-order valence-electron chi connectivity index (χ0n) is 12.9. The van der Waals surface area contributed by atoms with E-state index in [2.05, 4.69) is 15.3 Å². The maximum atomic E-state index is 5.60. The van der Waals surface area contributed by atoms with Gasteiger partial charge in [-0.1, -0.05) is 36.3 Å². The lowest BCUT2D eigenvalue weighted by molar-refractivity contribution is 0.0473. The van der Waals surface area contributed by atoms with Crippen LogP contribution >= 0.6 is 0 Å². The normalized spacial score (nSPS) is 17.2. The quantitative estimate of drug-likeness (QED) is 0.809. The first-order valence-electron chi connectivity index (χ1n) is 7.43. The largest absolute Gasteiger partial charge is 0.492 e.